The second kappa shape index (κ2) is 6.42. The Hall–Kier alpha value is -0.170. The van der Waals surface area contributed by atoms with Gasteiger partial charge in [0.15, 0.2) is 0 Å². The van der Waals surface area contributed by atoms with Crippen LogP contribution in [0.25, 0.3) is 0 Å². The van der Waals surface area contributed by atoms with Gasteiger partial charge in [-0.25, -0.2) is 13.1 Å². The molecule has 0 radical (unpaired) electrons. The van der Waals surface area contributed by atoms with Crippen LogP contribution in [-0.4, -0.2) is 47.0 Å². The van der Waals surface area contributed by atoms with E-state index in [2.05, 4.69) is 10.0 Å². The highest BCUT2D eigenvalue weighted by Crippen LogP contribution is 2.07. The minimum absolute atomic E-state index is 0.279. The maximum atomic E-state index is 10.8. The lowest BCUT2D eigenvalue weighted by Gasteiger charge is -2.13. The van der Waals surface area contributed by atoms with E-state index < -0.39 is 10.0 Å². The minimum Gasteiger partial charge on any atom is -0.377 e. The molecule has 1 heterocycles. The molecule has 1 atom stereocenters. The van der Waals surface area contributed by atoms with Gasteiger partial charge in [-0.1, -0.05) is 0 Å². The number of hydrogen-bond acceptors (Lipinski definition) is 4. The van der Waals surface area contributed by atoms with Gasteiger partial charge in [-0.15, -0.1) is 0 Å². The van der Waals surface area contributed by atoms with Crippen LogP contribution in [0, 0.1) is 0 Å². The molecule has 0 bridgehead atoms. The van der Waals surface area contributed by atoms with E-state index >= 15 is 0 Å². The monoisotopic (exact) mass is 236 g/mol. The molecular weight excluding hydrogens is 216 g/mol. The molecule has 1 aliphatic heterocycles. The van der Waals surface area contributed by atoms with E-state index in [0.29, 0.717) is 6.54 Å². The highest BCUT2D eigenvalue weighted by Gasteiger charge is 2.11. The van der Waals surface area contributed by atoms with Gasteiger partial charge < -0.3 is 10.1 Å². The molecule has 0 aromatic carbocycles. The summed E-state index contributed by atoms with van der Waals surface area (Å²) >= 11 is 0. The highest BCUT2D eigenvalue weighted by atomic mass is 32.2. The Morgan fingerprint density at radius 3 is 3.00 bits per heavy atom. The van der Waals surface area contributed by atoms with Gasteiger partial charge in [-0.3, -0.25) is 0 Å². The van der Waals surface area contributed by atoms with Crippen molar-refractivity contribution in [1.29, 1.82) is 0 Å². The Morgan fingerprint density at radius 1 is 1.47 bits per heavy atom. The van der Waals surface area contributed by atoms with E-state index in [-0.39, 0.29) is 6.10 Å². The Labute approximate surface area is 91.6 Å². The molecule has 0 aromatic rings. The first-order valence-corrected chi connectivity index (χ1v) is 7.24. The average Bonchev–Trinajstić information content (AvgIpc) is 2.39. The number of sulfonamides is 1. The Kier molecular flexibility index (Phi) is 5.52. The zero-order valence-corrected chi connectivity index (χ0v) is 9.98. The van der Waals surface area contributed by atoms with Crippen LogP contribution < -0.4 is 10.0 Å². The molecule has 15 heavy (non-hydrogen) atoms. The molecule has 6 heteroatoms. The quantitative estimate of drug-likeness (QED) is 0.643. The fourth-order valence-corrected chi connectivity index (χ4v) is 2.10. The summed E-state index contributed by atoms with van der Waals surface area (Å²) in [5.41, 5.74) is 0. The third-order valence-electron chi connectivity index (χ3n) is 2.34. The van der Waals surface area contributed by atoms with E-state index in [1.807, 2.05) is 0 Å². The molecule has 0 aliphatic carbocycles. The predicted octanol–water partition coefficient (Wildman–Crippen LogP) is -0.306. The lowest BCUT2D eigenvalue weighted by molar-refractivity contribution is 0.0575. The molecule has 1 rings (SSSR count). The summed E-state index contributed by atoms with van der Waals surface area (Å²) in [5, 5.41) is 3.26. The van der Waals surface area contributed by atoms with Crippen molar-refractivity contribution in [3.8, 4) is 0 Å². The van der Waals surface area contributed by atoms with Crippen LogP contribution >= 0.6 is 0 Å². The standard InChI is InChI=1S/C9H20N2O3S/c1-15(12,13)11-5-2-3-9-4-6-10-7-8-14-9/h9-11H,2-8H2,1H3. The van der Waals surface area contributed by atoms with Gasteiger partial charge in [-0.05, 0) is 25.8 Å². The SMILES string of the molecule is CS(=O)(=O)NCCCC1CCNCCO1. The molecule has 1 saturated heterocycles. The normalized spacial score (nSPS) is 23.7. The fraction of sp³-hybridized carbons (Fsp3) is 1.00. The van der Waals surface area contributed by atoms with Crippen LogP contribution in [0.2, 0.25) is 0 Å². The molecule has 0 spiro atoms. The van der Waals surface area contributed by atoms with Gasteiger partial charge in [0.1, 0.15) is 0 Å². The predicted molar refractivity (Wildman–Crippen MR) is 59.3 cm³/mol. The zero-order chi connectivity index (χ0) is 11.1. The van der Waals surface area contributed by atoms with Gasteiger partial charge in [0.2, 0.25) is 10.0 Å². The van der Waals surface area contributed by atoms with Crippen molar-refractivity contribution in [3.05, 3.63) is 0 Å². The first-order chi connectivity index (χ1) is 7.08. The Bertz CT molecular complexity index is 259. The fourth-order valence-electron chi connectivity index (χ4n) is 1.58. The molecule has 1 fully saturated rings. The van der Waals surface area contributed by atoms with Crippen LogP contribution in [0.15, 0.2) is 0 Å². The summed E-state index contributed by atoms with van der Waals surface area (Å²) in [6.45, 7) is 3.17. The van der Waals surface area contributed by atoms with E-state index in [4.69, 9.17) is 4.74 Å². The van der Waals surface area contributed by atoms with Crippen LogP contribution in [-0.2, 0) is 14.8 Å². The van der Waals surface area contributed by atoms with E-state index in [1.54, 1.807) is 0 Å². The number of rotatable bonds is 5. The lowest BCUT2D eigenvalue weighted by Crippen LogP contribution is -2.24. The molecule has 0 amide bonds. The Balaban J connectivity index is 2.08. The van der Waals surface area contributed by atoms with E-state index in [9.17, 15) is 8.42 Å². The Morgan fingerprint density at radius 2 is 2.27 bits per heavy atom. The number of nitrogens with one attached hydrogen (secondary N) is 2. The first-order valence-electron chi connectivity index (χ1n) is 5.35. The zero-order valence-electron chi connectivity index (χ0n) is 9.16. The minimum atomic E-state index is -3.04. The van der Waals surface area contributed by atoms with Crippen molar-refractivity contribution in [2.45, 2.75) is 25.4 Å². The van der Waals surface area contributed by atoms with Gasteiger partial charge in [0.25, 0.3) is 0 Å². The molecule has 90 valence electrons. The third-order valence-corrected chi connectivity index (χ3v) is 3.07. The summed E-state index contributed by atoms with van der Waals surface area (Å²) in [5.74, 6) is 0. The van der Waals surface area contributed by atoms with Crippen LogP contribution in [0.5, 0.6) is 0 Å². The van der Waals surface area contributed by atoms with Crippen LogP contribution in [0.1, 0.15) is 19.3 Å². The molecule has 0 aromatic heterocycles. The molecule has 1 aliphatic rings. The lowest BCUT2D eigenvalue weighted by atomic mass is 10.1. The summed E-state index contributed by atoms with van der Waals surface area (Å²) in [4.78, 5) is 0. The molecule has 5 nitrogen and oxygen atoms in total. The summed E-state index contributed by atoms with van der Waals surface area (Å²) in [6.07, 6.45) is 4.22. The summed E-state index contributed by atoms with van der Waals surface area (Å²) in [6, 6.07) is 0. The molecular formula is C9H20N2O3S. The smallest absolute Gasteiger partial charge is 0.208 e. The second-order valence-corrected chi connectivity index (χ2v) is 5.67. The number of hydrogen-bond donors (Lipinski definition) is 2. The number of ether oxygens (including phenoxy) is 1. The maximum Gasteiger partial charge on any atom is 0.208 e. The van der Waals surface area contributed by atoms with Crippen LogP contribution in [0.3, 0.4) is 0 Å². The molecule has 2 N–H and O–H groups in total. The van der Waals surface area contributed by atoms with Crippen molar-refractivity contribution < 1.29 is 13.2 Å². The van der Waals surface area contributed by atoms with Crippen molar-refractivity contribution in [3.63, 3.8) is 0 Å². The van der Waals surface area contributed by atoms with Crippen molar-refractivity contribution in [2.24, 2.45) is 0 Å². The summed E-state index contributed by atoms with van der Waals surface area (Å²) in [7, 11) is -3.04. The molecule has 1 unspecified atom stereocenters. The molecule has 0 saturated carbocycles. The van der Waals surface area contributed by atoms with Crippen molar-refractivity contribution in [1.82, 2.24) is 10.0 Å². The topological polar surface area (TPSA) is 67.4 Å². The van der Waals surface area contributed by atoms with E-state index in [0.717, 1.165) is 39.0 Å². The third kappa shape index (κ3) is 6.83. The first kappa shape index (κ1) is 12.9. The van der Waals surface area contributed by atoms with Gasteiger partial charge >= 0.3 is 0 Å². The average molecular weight is 236 g/mol. The van der Waals surface area contributed by atoms with Gasteiger partial charge in [0.05, 0.1) is 19.0 Å². The van der Waals surface area contributed by atoms with Crippen molar-refractivity contribution in [2.75, 3.05) is 32.5 Å². The highest BCUT2D eigenvalue weighted by molar-refractivity contribution is 7.88. The van der Waals surface area contributed by atoms with Gasteiger partial charge in [0, 0.05) is 13.1 Å². The van der Waals surface area contributed by atoms with Crippen molar-refractivity contribution >= 4 is 10.0 Å². The second-order valence-electron chi connectivity index (χ2n) is 3.84. The van der Waals surface area contributed by atoms with E-state index in [1.165, 1.54) is 6.26 Å². The largest absolute Gasteiger partial charge is 0.377 e. The van der Waals surface area contributed by atoms with Gasteiger partial charge in [-0.2, -0.15) is 0 Å². The maximum absolute atomic E-state index is 10.8. The summed E-state index contributed by atoms with van der Waals surface area (Å²) < 4.78 is 29.6. The van der Waals surface area contributed by atoms with Crippen LogP contribution in [0.4, 0.5) is 0 Å².